The minimum Gasteiger partial charge on any atom is -0.496 e. The first-order valence-corrected chi connectivity index (χ1v) is 6.81. The van der Waals surface area contributed by atoms with Gasteiger partial charge in [-0.25, -0.2) is 9.97 Å². The molecule has 0 aliphatic heterocycles. The number of hydrogen-bond donors (Lipinski definition) is 0. The van der Waals surface area contributed by atoms with E-state index in [4.69, 9.17) is 21.1 Å². The van der Waals surface area contributed by atoms with Gasteiger partial charge in [0.1, 0.15) is 23.0 Å². The van der Waals surface area contributed by atoms with E-state index in [2.05, 4.69) is 16.9 Å². The number of aromatic nitrogens is 2. The average molecular weight is 293 g/mol. The minimum absolute atomic E-state index is 0.477. The Morgan fingerprint density at radius 2 is 1.75 bits per heavy atom. The van der Waals surface area contributed by atoms with Crippen molar-refractivity contribution < 1.29 is 9.47 Å². The number of hydrogen-bond acceptors (Lipinski definition) is 4. The first kappa shape index (κ1) is 14.6. The lowest BCUT2D eigenvalue weighted by atomic mass is 10.0. The zero-order chi connectivity index (χ0) is 14.5. The van der Waals surface area contributed by atoms with Crippen LogP contribution in [-0.4, -0.2) is 24.2 Å². The number of nitrogens with zero attached hydrogens (tertiary/aromatic N) is 2. The molecule has 0 amide bonds. The topological polar surface area (TPSA) is 44.2 Å². The van der Waals surface area contributed by atoms with Gasteiger partial charge in [0, 0.05) is 5.56 Å². The molecule has 1 heterocycles. The van der Waals surface area contributed by atoms with Crippen molar-refractivity contribution in [3.63, 3.8) is 0 Å². The second-order valence-corrected chi connectivity index (χ2v) is 4.64. The summed E-state index contributed by atoms with van der Waals surface area (Å²) in [5.74, 6) is 1.41. The van der Waals surface area contributed by atoms with E-state index in [9.17, 15) is 0 Å². The van der Waals surface area contributed by atoms with Crippen LogP contribution in [0.4, 0.5) is 0 Å². The molecule has 2 aromatic rings. The number of methoxy groups -OCH3 is 2. The number of halogens is 1. The summed E-state index contributed by atoms with van der Waals surface area (Å²) in [6.07, 6.45) is 3.22. The minimum atomic E-state index is 0.477. The Kier molecular flexibility index (Phi) is 4.79. The van der Waals surface area contributed by atoms with Gasteiger partial charge in [-0.15, -0.1) is 0 Å². The molecule has 0 fully saturated rings. The predicted octanol–water partition coefficient (Wildman–Crippen LogP) is 3.77. The fraction of sp³-hybridized carbons (Fsp3) is 0.333. The third-order valence-electron chi connectivity index (χ3n) is 3.06. The highest BCUT2D eigenvalue weighted by Gasteiger charge is 2.19. The molecule has 0 aliphatic carbocycles. The predicted molar refractivity (Wildman–Crippen MR) is 79.6 cm³/mol. The molecule has 1 aromatic heterocycles. The highest BCUT2D eigenvalue weighted by atomic mass is 35.5. The van der Waals surface area contributed by atoms with E-state index in [-0.39, 0.29) is 0 Å². The third kappa shape index (κ3) is 2.70. The Morgan fingerprint density at radius 1 is 1.10 bits per heavy atom. The lowest BCUT2D eigenvalue weighted by Crippen LogP contribution is -2.00. The molecule has 2 rings (SSSR count). The molecule has 0 saturated heterocycles. The molecular formula is C15H17ClN2O2. The number of ether oxygens (including phenoxy) is 2. The van der Waals surface area contributed by atoms with Crippen molar-refractivity contribution in [2.24, 2.45) is 0 Å². The largest absolute Gasteiger partial charge is 0.496 e. The fourth-order valence-electron chi connectivity index (χ4n) is 2.16. The number of rotatable bonds is 5. The fourth-order valence-corrected chi connectivity index (χ4v) is 2.39. The summed E-state index contributed by atoms with van der Waals surface area (Å²) in [5.41, 5.74) is 2.49. The van der Waals surface area contributed by atoms with Crippen molar-refractivity contribution in [2.75, 3.05) is 14.2 Å². The normalized spacial score (nSPS) is 10.4. The van der Waals surface area contributed by atoms with Crippen LogP contribution in [0.5, 0.6) is 11.5 Å². The van der Waals surface area contributed by atoms with Gasteiger partial charge in [0.25, 0.3) is 0 Å². The SMILES string of the molecule is CCCc1c(Cl)ncnc1-c1c(OC)cccc1OC. The van der Waals surface area contributed by atoms with E-state index in [1.54, 1.807) is 14.2 Å². The van der Waals surface area contributed by atoms with Gasteiger partial charge in [-0.3, -0.25) is 0 Å². The molecule has 1 aromatic carbocycles. The van der Waals surface area contributed by atoms with E-state index < -0.39 is 0 Å². The Labute approximate surface area is 123 Å². The summed E-state index contributed by atoms with van der Waals surface area (Å²) in [5, 5.41) is 0.477. The molecule has 0 N–H and O–H groups in total. The van der Waals surface area contributed by atoms with Gasteiger partial charge in [0.15, 0.2) is 0 Å². The van der Waals surface area contributed by atoms with Crippen molar-refractivity contribution >= 4 is 11.6 Å². The third-order valence-corrected chi connectivity index (χ3v) is 3.38. The van der Waals surface area contributed by atoms with Gasteiger partial charge in [0.05, 0.1) is 25.5 Å². The van der Waals surface area contributed by atoms with Crippen LogP contribution in [0.3, 0.4) is 0 Å². The monoisotopic (exact) mass is 292 g/mol. The van der Waals surface area contributed by atoms with Gasteiger partial charge in [-0.05, 0) is 18.6 Å². The molecule has 0 saturated carbocycles. The maximum Gasteiger partial charge on any atom is 0.136 e. The summed E-state index contributed by atoms with van der Waals surface area (Å²) < 4.78 is 10.9. The van der Waals surface area contributed by atoms with E-state index in [1.807, 2.05) is 18.2 Å². The molecule has 20 heavy (non-hydrogen) atoms. The van der Waals surface area contributed by atoms with Crippen molar-refractivity contribution in [1.29, 1.82) is 0 Å². The second kappa shape index (κ2) is 6.57. The van der Waals surface area contributed by atoms with Crippen molar-refractivity contribution in [3.05, 3.63) is 35.2 Å². The molecule has 106 valence electrons. The first-order valence-electron chi connectivity index (χ1n) is 6.43. The zero-order valence-corrected chi connectivity index (χ0v) is 12.6. The second-order valence-electron chi connectivity index (χ2n) is 4.28. The standard InChI is InChI=1S/C15H17ClN2O2/c1-4-6-10-14(17-9-18-15(10)16)13-11(19-2)7-5-8-12(13)20-3/h5,7-9H,4,6H2,1-3H3. The van der Waals surface area contributed by atoms with Crippen LogP contribution in [-0.2, 0) is 6.42 Å². The van der Waals surface area contributed by atoms with Gasteiger partial charge in [0.2, 0.25) is 0 Å². The summed E-state index contributed by atoms with van der Waals surface area (Å²) in [6, 6.07) is 5.64. The molecule has 4 nitrogen and oxygen atoms in total. The number of benzene rings is 1. The highest BCUT2D eigenvalue weighted by molar-refractivity contribution is 6.30. The molecule has 0 spiro atoms. The summed E-state index contributed by atoms with van der Waals surface area (Å²) in [4.78, 5) is 8.46. The Morgan fingerprint density at radius 3 is 2.30 bits per heavy atom. The average Bonchev–Trinajstić information content (AvgIpc) is 2.48. The van der Waals surface area contributed by atoms with Crippen LogP contribution >= 0.6 is 11.6 Å². The molecule has 0 radical (unpaired) electrons. The van der Waals surface area contributed by atoms with Crippen LogP contribution in [0.2, 0.25) is 5.15 Å². The summed E-state index contributed by atoms with van der Waals surface area (Å²) in [6.45, 7) is 2.09. The van der Waals surface area contributed by atoms with E-state index in [1.165, 1.54) is 6.33 Å². The van der Waals surface area contributed by atoms with Crippen LogP contribution in [0, 0.1) is 0 Å². The molecule has 5 heteroatoms. The molecule has 0 unspecified atom stereocenters. The maximum atomic E-state index is 6.22. The summed E-state index contributed by atoms with van der Waals surface area (Å²) in [7, 11) is 3.25. The van der Waals surface area contributed by atoms with Crippen LogP contribution in [0.25, 0.3) is 11.3 Å². The van der Waals surface area contributed by atoms with Crippen molar-refractivity contribution in [3.8, 4) is 22.8 Å². The van der Waals surface area contributed by atoms with Crippen LogP contribution < -0.4 is 9.47 Å². The Balaban J connectivity index is 2.70. The molecule has 0 aliphatic rings. The maximum absolute atomic E-state index is 6.22. The highest BCUT2D eigenvalue weighted by Crippen LogP contribution is 2.40. The van der Waals surface area contributed by atoms with E-state index in [0.717, 1.165) is 29.7 Å². The lowest BCUT2D eigenvalue weighted by molar-refractivity contribution is 0.397. The Hall–Kier alpha value is -1.81. The smallest absolute Gasteiger partial charge is 0.136 e. The summed E-state index contributed by atoms with van der Waals surface area (Å²) >= 11 is 6.22. The lowest BCUT2D eigenvalue weighted by Gasteiger charge is -2.15. The van der Waals surface area contributed by atoms with Gasteiger partial charge in [-0.2, -0.15) is 0 Å². The zero-order valence-electron chi connectivity index (χ0n) is 11.8. The van der Waals surface area contributed by atoms with E-state index >= 15 is 0 Å². The van der Waals surface area contributed by atoms with Crippen molar-refractivity contribution in [2.45, 2.75) is 19.8 Å². The van der Waals surface area contributed by atoms with Gasteiger partial charge < -0.3 is 9.47 Å². The first-order chi connectivity index (χ1) is 9.72. The quantitative estimate of drug-likeness (QED) is 0.787. The van der Waals surface area contributed by atoms with Gasteiger partial charge >= 0.3 is 0 Å². The Bertz CT molecular complexity index is 580. The van der Waals surface area contributed by atoms with Crippen molar-refractivity contribution in [1.82, 2.24) is 9.97 Å². The molecular weight excluding hydrogens is 276 g/mol. The molecule has 0 atom stereocenters. The molecule has 0 bridgehead atoms. The van der Waals surface area contributed by atoms with E-state index in [0.29, 0.717) is 16.7 Å². The van der Waals surface area contributed by atoms with Gasteiger partial charge in [-0.1, -0.05) is 31.0 Å². The van der Waals surface area contributed by atoms with Crippen LogP contribution in [0.15, 0.2) is 24.5 Å². The van der Waals surface area contributed by atoms with Crippen LogP contribution in [0.1, 0.15) is 18.9 Å².